The molecule has 1 saturated heterocycles. The van der Waals surface area contributed by atoms with Gasteiger partial charge in [-0.3, -0.25) is 15.0 Å². The van der Waals surface area contributed by atoms with Gasteiger partial charge in [-0.1, -0.05) is 30.0 Å². The van der Waals surface area contributed by atoms with Crippen molar-refractivity contribution in [1.82, 2.24) is 9.88 Å². The smallest absolute Gasteiger partial charge is 0.273 e. The Bertz CT molecular complexity index is 1210. The van der Waals surface area contributed by atoms with Crippen LogP contribution in [-0.4, -0.2) is 34.0 Å². The molecular weight excluding hydrogens is 418 g/mol. The van der Waals surface area contributed by atoms with Crippen molar-refractivity contribution in [2.45, 2.75) is 16.8 Å². The average Bonchev–Trinajstić information content (AvgIpc) is 3.01. The first-order valence-corrected chi connectivity index (χ1v) is 10.6. The minimum atomic E-state index is -0.487. The molecule has 30 heavy (non-hydrogen) atoms. The number of amides is 2. The highest BCUT2D eigenvalue weighted by molar-refractivity contribution is 8.18. The predicted octanol–water partition coefficient (Wildman–Crippen LogP) is 4.79. The number of aromatic nitrogens is 1. The number of imide groups is 1. The lowest BCUT2D eigenvalue weighted by Crippen LogP contribution is -2.32. The number of carbonyl (C=O) groups is 2. The number of benzene rings is 2. The number of hydrogen-bond acceptors (Lipinski definition) is 7. The molecular formula is C22H17N3O3S2. The van der Waals surface area contributed by atoms with Crippen LogP contribution in [0.2, 0.25) is 0 Å². The number of ether oxygens (including phenoxy) is 1. The number of thioether (sulfide) groups is 1. The number of methoxy groups -OCH3 is 1. The largest absolute Gasteiger partial charge is 0.497 e. The van der Waals surface area contributed by atoms with E-state index in [1.54, 1.807) is 13.2 Å². The van der Waals surface area contributed by atoms with Crippen LogP contribution in [0.25, 0.3) is 17.0 Å². The van der Waals surface area contributed by atoms with E-state index in [0.717, 1.165) is 43.0 Å². The molecule has 1 fully saturated rings. The molecule has 6 nitrogen and oxygen atoms in total. The minimum absolute atomic E-state index is 0.0913. The fourth-order valence-corrected chi connectivity index (χ4v) is 4.75. The summed E-state index contributed by atoms with van der Waals surface area (Å²) in [6, 6.07) is 17.4. The molecule has 1 aliphatic heterocycles. The van der Waals surface area contributed by atoms with Crippen LogP contribution in [0, 0.1) is 5.41 Å². The molecule has 0 bridgehead atoms. The van der Waals surface area contributed by atoms with Gasteiger partial charge in [0.25, 0.3) is 5.91 Å². The first-order chi connectivity index (χ1) is 14.5. The molecule has 2 aromatic carbocycles. The number of carbonyl (C=O) groups excluding carboxylic acids is 2. The summed E-state index contributed by atoms with van der Waals surface area (Å²) in [5.41, 5.74) is 1.54. The Hall–Kier alpha value is -3.10. The number of nitrogens with one attached hydrogen (secondary N) is 1. The van der Waals surface area contributed by atoms with E-state index >= 15 is 0 Å². The SMILES string of the molecule is COc1ccc2nc(Sc3ccccc3)c(C=C3SC(=N)N(C(C)=O)C3=O)cc2c1. The Kier molecular flexibility index (Phi) is 5.61. The zero-order chi connectivity index (χ0) is 21.3. The van der Waals surface area contributed by atoms with Gasteiger partial charge in [0, 0.05) is 22.8 Å². The van der Waals surface area contributed by atoms with E-state index < -0.39 is 11.8 Å². The summed E-state index contributed by atoms with van der Waals surface area (Å²) in [5, 5.41) is 9.46. The molecule has 8 heteroatoms. The number of pyridine rings is 1. The van der Waals surface area contributed by atoms with Gasteiger partial charge in [-0.2, -0.15) is 0 Å². The first kappa shape index (κ1) is 20.2. The highest BCUT2D eigenvalue weighted by atomic mass is 32.2. The summed E-state index contributed by atoms with van der Waals surface area (Å²) in [7, 11) is 1.60. The third kappa shape index (κ3) is 3.96. The van der Waals surface area contributed by atoms with Crippen molar-refractivity contribution in [1.29, 1.82) is 5.41 Å². The summed E-state index contributed by atoms with van der Waals surface area (Å²) in [4.78, 5) is 31.3. The maximum Gasteiger partial charge on any atom is 0.273 e. The molecule has 0 spiro atoms. The molecule has 0 saturated carbocycles. The zero-order valence-electron chi connectivity index (χ0n) is 16.2. The molecule has 2 heterocycles. The lowest BCUT2D eigenvalue weighted by molar-refractivity contribution is -0.135. The predicted molar refractivity (Wildman–Crippen MR) is 120 cm³/mol. The summed E-state index contributed by atoms with van der Waals surface area (Å²) in [5.74, 6) is -0.248. The van der Waals surface area contributed by atoms with Crippen LogP contribution in [0.15, 0.2) is 69.4 Å². The Morgan fingerprint density at radius 1 is 1.20 bits per heavy atom. The Morgan fingerprint density at radius 2 is 1.97 bits per heavy atom. The third-order valence-corrected chi connectivity index (χ3v) is 6.31. The zero-order valence-corrected chi connectivity index (χ0v) is 17.8. The van der Waals surface area contributed by atoms with Gasteiger partial charge < -0.3 is 4.74 Å². The van der Waals surface area contributed by atoms with Crippen molar-refractivity contribution in [2.24, 2.45) is 0 Å². The highest BCUT2D eigenvalue weighted by Gasteiger charge is 2.35. The van der Waals surface area contributed by atoms with Crippen LogP contribution < -0.4 is 4.74 Å². The van der Waals surface area contributed by atoms with Crippen molar-refractivity contribution >= 4 is 57.5 Å². The van der Waals surface area contributed by atoms with E-state index in [1.165, 1.54) is 18.7 Å². The lowest BCUT2D eigenvalue weighted by atomic mass is 10.1. The second-order valence-electron chi connectivity index (χ2n) is 6.43. The molecule has 3 aromatic rings. The van der Waals surface area contributed by atoms with Crippen molar-refractivity contribution in [3.8, 4) is 5.75 Å². The molecule has 1 aliphatic rings. The molecule has 0 atom stereocenters. The lowest BCUT2D eigenvalue weighted by Gasteiger charge is -2.10. The van der Waals surface area contributed by atoms with Crippen LogP contribution >= 0.6 is 23.5 Å². The summed E-state index contributed by atoms with van der Waals surface area (Å²) in [6.07, 6.45) is 1.70. The van der Waals surface area contributed by atoms with Gasteiger partial charge in [-0.15, -0.1) is 0 Å². The van der Waals surface area contributed by atoms with Crippen molar-refractivity contribution in [2.75, 3.05) is 7.11 Å². The van der Waals surface area contributed by atoms with Gasteiger partial charge in [0.2, 0.25) is 5.91 Å². The molecule has 4 rings (SSSR count). The Labute approximate surface area is 181 Å². The quantitative estimate of drug-likeness (QED) is 0.593. The number of rotatable bonds is 4. The van der Waals surface area contributed by atoms with Gasteiger partial charge in [-0.05, 0) is 54.2 Å². The van der Waals surface area contributed by atoms with E-state index in [-0.39, 0.29) is 5.17 Å². The van der Waals surface area contributed by atoms with Crippen molar-refractivity contribution < 1.29 is 14.3 Å². The van der Waals surface area contributed by atoms with Crippen LogP contribution in [0.4, 0.5) is 0 Å². The maximum atomic E-state index is 12.6. The number of amidine groups is 1. The van der Waals surface area contributed by atoms with Crippen molar-refractivity contribution in [3.63, 3.8) is 0 Å². The fourth-order valence-electron chi connectivity index (χ4n) is 2.98. The second kappa shape index (κ2) is 8.33. The summed E-state index contributed by atoms with van der Waals surface area (Å²) >= 11 is 2.46. The minimum Gasteiger partial charge on any atom is -0.497 e. The van der Waals surface area contributed by atoms with E-state index in [9.17, 15) is 9.59 Å². The van der Waals surface area contributed by atoms with E-state index in [2.05, 4.69) is 0 Å². The molecule has 150 valence electrons. The van der Waals surface area contributed by atoms with Gasteiger partial charge in [0.15, 0.2) is 5.17 Å². The molecule has 0 aliphatic carbocycles. The van der Waals surface area contributed by atoms with Crippen LogP contribution in [0.1, 0.15) is 12.5 Å². The van der Waals surface area contributed by atoms with Crippen LogP contribution in [-0.2, 0) is 9.59 Å². The Morgan fingerprint density at radius 3 is 2.63 bits per heavy atom. The molecule has 0 radical (unpaired) electrons. The van der Waals surface area contributed by atoms with Crippen molar-refractivity contribution in [3.05, 3.63) is 65.1 Å². The number of hydrogen-bond donors (Lipinski definition) is 1. The van der Waals surface area contributed by atoms with Gasteiger partial charge in [0.05, 0.1) is 17.5 Å². The third-order valence-electron chi connectivity index (χ3n) is 4.40. The molecule has 1 N–H and O–H groups in total. The Balaban J connectivity index is 1.83. The van der Waals surface area contributed by atoms with Gasteiger partial charge in [0.1, 0.15) is 10.8 Å². The number of nitrogens with zero attached hydrogens (tertiary/aromatic N) is 2. The highest BCUT2D eigenvalue weighted by Crippen LogP contribution is 2.37. The van der Waals surface area contributed by atoms with E-state index in [4.69, 9.17) is 15.1 Å². The fraction of sp³-hybridized carbons (Fsp3) is 0.0909. The van der Waals surface area contributed by atoms with Crippen LogP contribution in [0.5, 0.6) is 5.75 Å². The molecule has 2 amide bonds. The summed E-state index contributed by atoms with van der Waals surface area (Å²) in [6.45, 7) is 1.27. The summed E-state index contributed by atoms with van der Waals surface area (Å²) < 4.78 is 5.31. The molecule has 1 aromatic heterocycles. The van der Waals surface area contributed by atoms with E-state index in [0.29, 0.717) is 10.7 Å². The molecule has 0 unspecified atom stereocenters. The van der Waals surface area contributed by atoms with Gasteiger partial charge >= 0.3 is 0 Å². The normalized spacial score (nSPS) is 15.3. The number of fused-ring (bicyclic) bond motifs is 1. The van der Waals surface area contributed by atoms with Crippen LogP contribution in [0.3, 0.4) is 0 Å². The first-order valence-electron chi connectivity index (χ1n) is 9.01. The topological polar surface area (TPSA) is 83.3 Å². The monoisotopic (exact) mass is 435 g/mol. The maximum absolute atomic E-state index is 12.6. The average molecular weight is 436 g/mol. The second-order valence-corrected chi connectivity index (χ2v) is 8.52. The standard InChI is InChI=1S/C22H17N3O3S2/c1-13(26)25-21(27)19(30-22(25)23)12-15-10-14-11-16(28-2)8-9-18(14)24-20(15)29-17-6-4-3-5-7-17/h3-12,23H,1-2H3. The van der Waals surface area contributed by atoms with Gasteiger partial charge in [-0.25, -0.2) is 9.88 Å². The van der Waals surface area contributed by atoms with E-state index in [1.807, 2.05) is 54.6 Å².